The molecule has 1 aliphatic heterocycles. The van der Waals surface area contributed by atoms with Gasteiger partial charge >= 0.3 is 0 Å². The highest BCUT2D eigenvalue weighted by molar-refractivity contribution is 7.89. The van der Waals surface area contributed by atoms with Gasteiger partial charge < -0.3 is 4.90 Å². The third kappa shape index (κ3) is 4.30. The minimum Gasteiger partial charge on any atom is -0.356 e. The summed E-state index contributed by atoms with van der Waals surface area (Å²) in [5.74, 6) is 0.670. The molecule has 0 bridgehead atoms. The van der Waals surface area contributed by atoms with E-state index in [0.29, 0.717) is 31.6 Å². The van der Waals surface area contributed by atoms with Crippen LogP contribution in [0.2, 0.25) is 0 Å². The van der Waals surface area contributed by atoms with Crippen molar-refractivity contribution in [2.75, 3.05) is 23.3 Å². The highest BCUT2D eigenvalue weighted by Gasteiger charge is 2.30. The fraction of sp³-hybridized carbons (Fsp3) is 0.381. The highest BCUT2D eigenvalue weighted by atomic mass is 32.2. The lowest BCUT2D eigenvalue weighted by molar-refractivity contribution is -0.117. The Bertz CT molecular complexity index is 1250. The molecule has 2 fully saturated rings. The van der Waals surface area contributed by atoms with Crippen LogP contribution in [0.5, 0.6) is 0 Å². The number of carbonyl (C=O) groups excluding carboxylic acids is 1. The van der Waals surface area contributed by atoms with Gasteiger partial charge in [0.15, 0.2) is 5.65 Å². The number of amides is 1. The Morgan fingerprint density at radius 1 is 1.03 bits per heavy atom. The van der Waals surface area contributed by atoms with Gasteiger partial charge in [-0.1, -0.05) is 6.07 Å². The van der Waals surface area contributed by atoms with E-state index in [2.05, 4.69) is 25.0 Å². The Kier molecular flexibility index (Phi) is 5.30. The van der Waals surface area contributed by atoms with Crippen LogP contribution < -0.4 is 14.9 Å². The first-order chi connectivity index (χ1) is 15.4. The van der Waals surface area contributed by atoms with Crippen molar-refractivity contribution in [3.05, 3.63) is 48.3 Å². The average Bonchev–Trinajstić information content (AvgIpc) is 3.54. The number of pyridine rings is 1. The molecule has 3 aromatic rings. The van der Waals surface area contributed by atoms with E-state index in [1.54, 1.807) is 4.52 Å². The second kappa shape index (κ2) is 8.14. The molecule has 9 nitrogen and oxygen atoms in total. The van der Waals surface area contributed by atoms with E-state index in [4.69, 9.17) is 0 Å². The summed E-state index contributed by atoms with van der Waals surface area (Å²) in [6, 6.07) is 10.2. The number of nitrogens with one attached hydrogen (secondary N) is 2. The minimum absolute atomic E-state index is 0.0447. The zero-order valence-corrected chi connectivity index (χ0v) is 18.1. The van der Waals surface area contributed by atoms with E-state index in [0.717, 1.165) is 30.8 Å². The Morgan fingerprint density at radius 3 is 2.44 bits per heavy atom. The van der Waals surface area contributed by atoms with E-state index in [-0.39, 0.29) is 28.7 Å². The van der Waals surface area contributed by atoms with Gasteiger partial charge in [0, 0.05) is 25.0 Å². The van der Waals surface area contributed by atoms with Crippen LogP contribution in [0.25, 0.3) is 5.65 Å². The van der Waals surface area contributed by atoms with Crippen LogP contribution in [-0.2, 0) is 14.8 Å². The number of rotatable bonds is 6. The van der Waals surface area contributed by atoms with Gasteiger partial charge in [0.1, 0.15) is 11.6 Å². The molecule has 1 aliphatic carbocycles. The van der Waals surface area contributed by atoms with Gasteiger partial charge in [0.2, 0.25) is 21.9 Å². The number of benzene rings is 1. The van der Waals surface area contributed by atoms with Crippen molar-refractivity contribution >= 4 is 33.3 Å². The number of piperidine rings is 1. The molecule has 1 saturated heterocycles. The van der Waals surface area contributed by atoms with Gasteiger partial charge in [-0.2, -0.15) is 9.50 Å². The van der Waals surface area contributed by atoms with Crippen molar-refractivity contribution in [3.63, 3.8) is 0 Å². The van der Waals surface area contributed by atoms with E-state index < -0.39 is 15.8 Å². The van der Waals surface area contributed by atoms with Gasteiger partial charge in [-0.05, 0) is 62.1 Å². The van der Waals surface area contributed by atoms with Crippen LogP contribution in [0.3, 0.4) is 0 Å². The van der Waals surface area contributed by atoms with Crippen LogP contribution in [-0.4, -0.2) is 48.1 Å². The number of nitrogens with zero attached hydrogens (tertiary/aromatic N) is 4. The number of hydrogen-bond donors (Lipinski definition) is 2. The summed E-state index contributed by atoms with van der Waals surface area (Å²) in [5, 5.41) is 7.23. The third-order valence-electron chi connectivity index (χ3n) is 5.79. The lowest BCUT2D eigenvalue weighted by atomic mass is 10.1. The first-order valence-corrected chi connectivity index (χ1v) is 12.1. The molecule has 1 amide bonds. The van der Waals surface area contributed by atoms with Crippen molar-refractivity contribution in [3.8, 4) is 0 Å². The lowest BCUT2D eigenvalue weighted by Gasteiger charge is -2.33. The molecule has 3 heterocycles. The van der Waals surface area contributed by atoms with Crippen molar-refractivity contribution in [1.29, 1.82) is 0 Å². The first-order valence-electron chi connectivity index (χ1n) is 10.6. The summed E-state index contributed by atoms with van der Waals surface area (Å²) in [6.07, 6.45) is 3.03. The zero-order chi connectivity index (χ0) is 22.3. The van der Waals surface area contributed by atoms with Crippen molar-refractivity contribution in [2.45, 2.75) is 36.6 Å². The normalized spacial score (nSPS) is 17.6. The molecule has 1 aromatic carbocycles. The number of carbonyl (C=O) groups is 1. The number of fused-ring (bicyclic) bond motifs is 1. The molecule has 2 aromatic heterocycles. The molecule has 2 N–H and O–H groups in total. The standard InChI is InChI=1S/C21H23FN6O3S/c22-15-6-8-17(9-7-15)32(30,31)26-16-10-12-27(13-11-16)19-3-1-2-18-23-21(25-28(18)19)24-20(29)14-4-5-14/h1-3,6-9,14,16,26H,4-5,10-13H2,(H,24,25,29). The summed E-state index contributed by atoms with van der Waals surface area (Å²) in [4.78, 5) is 18.6. The molecule has 11 heteroatoms. The number of halogens is 1. The van der Waals surface area contributed by atoms with Crippen LogP contribution in [0.4, 0.5) is 16.2 Å². The summed E-state index contributed by atoms with van der Waals surface area (Å²) in [5.41, 5.74) is 0.632. The molecule has 0 unspecified atom stereocenters. The van der Waals surface area contributed by atoms with Gasteiger partial charge in [-0.25, -0.2) is 17.5 Å². The van der Waals surface area contributed by atoms with E-state index in [1.165, 1.54) is 12.1 Å². The maximum atomic E-state index is 13.1. The van der Waals surface area contributed by atoms with E-state index in [9.17, 15) is 17.6 Å². The Labute approximate surface area is 184 Å². The summed E-state index contributed by atoms with van der Waals surface area (Å²) < 4.78 is 42.7. The van der Waals surface area contributed by atoms with Crippen LogP contribution in [0.1, 0.15) is 25.7 Å². The van der Waals surface area contributed by atoms with Gasteiger partial charge in [0.25, 0.3) is 0 Å². The fourth-order valence-electron chi connectivity index (χ4n) is 3.87. The fourth-order valence-corrected chi connectivity index (χ4v) is 5.17. The SMILES string of the molecule is O=C(Nc1nc2cccc(N3CCC(NS(=O)(=O)c4ccc(F)cc4)CC3)n2n1)C1CC1. The first kappa shape index (κ1) is 20.8. The number of aromatic nitrogens is 3. The quantitative estimate of drug-likeness (QED) is 0.586. The maximum Gasteiger partial charge on any atom is 0.249 e. The average molecular weight is 459 g/mol. The Morgan fingerprint density at radius 2 is 1.75 bits per heavy atom. The molecular weight excluding hydrogens is 435 g/mol. The monoisotopic (exact) mass is 458 g/mol. The maximum absolute atomic E-state index is 13.1. The van der Waals surface area contributed by atoms with E-state index in [1.807, 2.05) is 18.2 Å². The van der Waals surface area contributed by atoms with E-state index >= 15 is 0 Å². The molecule has 5 rings (SSSR count). The largest absolute Gasteiger partial charge is 0.356 e. The summed E-state index contributed by atoms with van der Waals surface area (Å²) in [6.45, 7) is 1.25. The molecule has 0 radical (unpaired) electrons. The number of hydrogen-bond acceptors (Lipinski definition) is 6. The predicted molar refractivity (Wildman–Crippen MR) is 116 cm³/mol. The predicted octanol–water partition coefficient (Wildman–Crippen LogP) is 2.16. The Balaban J connectivity index is 1.26. The highest BCUT2D eigenvalue weighted by Crippen LogP contribution is 2.30. The number of anilines is 2. The summed E-state index contributed by atoms with van der Waals surface area (Å²) in [7, 11) is -3.71. The minimum atomic E-state index is -3.71. The van der Waals surface area contributed by atoms with Crippen LogP contribution >= 0.6 is 0 Å². The van der Waals surface area contributed by atoms with Crippen LogP contribution in [0.15, 0.2) is 47.4 Å². The molecule has 0 atom stereocenters. The molecule has 0 spiro atoms. The topological polar surface area (TPSA) is 109 Å². The molecular formula is C21H23FN6O3S. The summed E-state index contributed by atoms with van der Waals surface area (Å²) >= 11 is 0. The van der Waals surface area contributed by atoms with Crippen molar-refractivity contribution in [1.82, 2.24) is 19.3 Å². The lowest BCUT2D eigenvalue weighted by Crippen LogP contribution is -2.45. The molecule has 1 saturated carbocycles. The van der Waals surface area contributed by atoms with Gasteiger partial charge in [-0.15, -0.1) is 5.10 Å². The second-order valence-electron chi connectivity index (χ2n) is 8.19. The zero-order valence-electron chi connectivity index (χ0n) is 17.2. The van der Waals surface area contributed by atoms with Crippen molar-refractivity contribution in [2.24, 2.45) is 5.92 Å². The molecule has 168 valence electrons. The van der Waals surface area contributed by atoms with Gasteiger partial charge in [0.05, 0.1) is 4.90 Å². The molecule has 2 aliphatic rings. The van der Waals surface area contributed by atoms with Gasteiger partial charge in [-0.3, -0.25) is 10.1 Å². The Hall–Kier alpha value is -3.05. The smallest absolute Gasteiger partial charge is 0.249 e. The van der Waals surface area contributed by atoms with Crippen LogP contribution in [0, 0.1) is 11.7 Å². The molecule has 32 heavy (non-hydrogen) atoms. The number of sulfonamides is 1. The third-order valence-corrected chi connectivity index (χ3v) is 7.32. The van der Waals surface area contributed by atoms with Crippen molar-refractivity contribution < 1.29 is 17.6 Å². The second-order valence-corrected chi connectivity index (χ2v) is 9.90.